The Bertz CT molecular complexity index is 333. The third-order valence-corrected chi connectivity index (χ3v) is 3.42. The summed E-state index contributed by atoms with van der Waals surface area (Å²) in [6, 6.07) is 5.80. The van der Waals surface area contributed by atoms with Gasteiger partial charge in [-0.1, -0.05) is 22.0 Å². The third kappa shape index (κ3) is 3.54. The number of hydrogen-bond donors (Lipinski definition) is 2. The molecule has 2 rings (SSSR count). The van der Waals surface area contributed by atoms with Crippen molar-refractivity contribution in [2.45, 2.75) is 25.4 Å². The number of benzene rings is 1. The van der Waals surface area contributed by atoms with E-state index in [1.54, 1.807) is 6.07 Å². The second kappa shape index (κ2) is 5.75. The summed E-state index contributed by atoms with van der Waals surface area (Å²) < 4.78 is 14.2. The second-order valence-corrected chi connectivity index (χ2v) is 4.96. The third-order valence-electron chi connectivity index (χ3n) is 2.68. The van der Waals surface area contributed by atoms with Gasteiger partial charge in [0.05, 0.1) is 0 Å². The molecule has 0 unspecified atom stereocenters. The summed E-state index contributed by atoms with van der Waals surface area (Å²) in [6.45, 7) is 2.40. The molecule has 0 radical (unpaired) electrons. The zero-order chi connectivity index (χ0) is 11.4. The van der Waals surface area contributed by atoms with Gasteiger partial charge in [0.15, 0.2) is 0 Å². The van der Waals surface area contributed by atoms with Crippen molar-refractivity contribution in [1.82, 2.24) is 10.6 Å². The van der Waals surface area contributed by atoms with Crippen LogP contribution in [0.15, 0.2) is 22.7 Å². The average Bonchev–Trinajstić information content (AvgIpc) is 3.05. The molecule has 0 aliphatic heterocycles. The Morgan fingerprint density at radius 3 is 2.81 bits per heavy atom. The molecular formula is C12H16BrFN2. The molecule has 1 fully saturated rings. The maximum Gasteiger partial charge on any atom is 0.128 e. The van der Waals surface area contributed by atoms with E-state index < -0.39 is 0 Å². The monoisotopic (exact) mass is 286 g/mol. The molecule has 0 amide bonds. The first kappa shape index (κ1) is 12.0. The van der Waals surface area contributed by atoms with E-state index in [-0.39, 0.29) is 5.82 Å². The molecule has 4 heteroatoms. The Labute approximate surface area is 104 Å². The van der Waals surface area contributed by atoms with Crippen LogP contribution in [0.25, 0.3) is 0 Å². The van der Waals surface area contributed by atoms with E-state index in [2.05, 4.69) is 26.6 Å². The van der Waals surface area contributed by atoms with Crippen LogP contribution in [0.2, 0.25) is 0 Å². The summed E-state index contributed by atoms with van der Waals surface area (Å²) in [5.41, 5.74) is 0.703. The van der Waals surface area contributed by atoms with Crippen molar-refractivity contribution in [2.75, 3.05) is 13.1 Å². The van der Waals surface area contributed by atoms with Gasteiger partial charge in [-0.3, -0.25) is 0 Å². The van der Waals surface area contributed by atoms with Gasteiger partial charge in [0.1, 0.15) is 5.82 Å². The summed E-state index contributed by atoms with van der Waals surface area (Å²) in [7, 11) is 0. The molecule has 1 aliphatic rings. The Hall–Kier alpha value is -0.450. The van der Waals surface area contributed by atoms with Crippen LogP contribution >= 0.6 is 15.9 Å². The average molecular weight is 287 g/mol. The molecule has 0 spiro atoms. The first-order chi connectivity index (χ1) is 7.77. The number of nitrogens with one attached hydrogen (secondary N) is 2. The minimum atomic E-state index is -0.156. The van der Waals surface area contributed by atoms with E-state index in [4.69, 9.17) is 0 Å². The molecule has 1 aromatic rings. The minimum absolute atomic E-state index is 0.156. The standard InChI is InChI=1S/C12H16BrFN2/c13-11-2-1-3-12(14)10(11)8-15-6-7-16-9-4-5-9/h1-3,9,15-16H,4-8H2. The fourth-order valence-corrected chi connectivity index (χ4v) is 2.05. The zero-order valence-electron chi connectivity index (χ0n) is 9.10. The van der Waals surface area contributed by atoms with E-state index in [1.165, 1.54) is 18.9 Å². The lowest BCUT2D eigenvalue weighted by molar-refractivity contribution is 0.571. The Morgan fingerprint density at radius 1 is 1.31 bits per heavy atom. The molecule has 1 saturated carbocycles. The van der Waals surface area contributed by atoms with Gasteiger partial charge in [0, 0.05) is 35.7 Å². The van der Waals surface area contributed by atoms with Gasteiger partial charge in [0.25, 0.3) is 0 Å². The van der Waals surface area contributed by atoms with Crippen LogP contribution in [0, 0.1) is 5.82 Å². The van der Waals surface area contributed by atoms with Gasteiger partial charge < -0.3 is 10.6 Å². The van der Waals surface area contributed by atoms with Crippen LogP contribution in [-0.4, -0.2) is 19.1 Å². The van der Waals surface area contributed by atoms with E-state index >= 15 is 0 Å². The van der Waals surface area contributed by atoms with Crippen LogP contribution in [0.1, 0.15) is 18.4 Å². The maximum atomic E-state index is 13.4. The van der Waals surface area contributed by atoms with Crippen LogP contribution in [0.5, 0.6) is 0 Å². The molecule has 0 atom stereocenters. The van der Waals surface area contributed by atoms with Crippen molar-refractivity contribution < 1.29 is 4.39 Å². The number of halogens is 2. The fraction of sp³-hybridized carbons (Fsp3) is 0.500. The van der Waals surface area contributed by atoms with Crippen LogP contribution in [-0.2, 0) is 6.54 Å². The molecule has 1 aliphatic carbocycles. The summed E-state index contributed by atoms with van der Waals surface area (Å²) in [5.74, 6) is -0.156. The zero-order valence-corrected chi connectivity index (χ0v) is 10.7. The Balaban J connectivity index is 1.71. The van der Waals surface area contributed by atoms with Crippen molar-refractivity contribution >= 4 is 15.9 Å². The molecule has 16 heavy (non-hydrogen) atoms. The lowest BCUT2D eigenvalue weighted by atomic mass is 10.2. The Kier molecular flexibility index (Phi) is 4.32. The molecule has 0 saturated heterocycles. The quantitative estimate of drug-likeness (QED) is 0.785. The molecule has 2 nitrogen and oxygen atoms in total. The van der Waals surface area contributed by atoms with E-state index in [0.717, 1.165) is 23.6 Å². The molecule has 0 heterocycles. The highest BCUT2D eigenvalue weighted by Crippen LogP contribution is 2.19. The van der Waals surface area contributed by atoms with Crippen molar-refractivity contribution in [1.29, 1.82) is 0 Å². The minimum Gasteiger partial charge on any atom is -0.313 e. The van der Waals surface area contributed by atoms with Gasteiger partial charge in [-0.25, -0.2) is 4.39 Å². The summed E-state index contributed by atoms with van der Waals surface area (Å²) in [5, 5.41) is 6.64. The highest BCUT2D eigenvalue weighted by atomic mass is 79.9. The number of hydrogen-bond acceptors (Lipinski definition) is 2. The molecule has 0 aromatic heterocycles. The van der Waals surface area contributed by atoms with Gasteiger partial charge in [-0.2, -0.15) is 0 Å². The van der Waals surface area contributed by atoms with Crippen LogP contribution in [0.4, 0.5) is 4.39 Å². The summed E-state index contributed by atoms with van der Waals surface area (Å²) in [4.78, 5) is 0. The van der Waals surface area contributed by atoms with E-state index in [0.29, 0.717) is 12.1 Å². The normalized spacial score (nSPS) is 15.4. The van der Waals surface area contributed by atoms with Gasteiger partial charge in [-0.15, -0.1) is 0 Å². The van der Waals surface area contributed by atoms with Crippen LogP contribution in [0.3, 0.4) is 0 Å². The van der Waals surface area contributed by atoms with Crippen molar-refractivity contribution in [3.05, 3.63) is 34.1 Å². The predicted molar refractivity (Wildman–Crippen MR) is 66.8 cm³/mol. The Morgan fingerprint density at radius 2 is 2.12 bits per heavy atom. The van der Waals surface area contributed by atoms with E-state index in [9.17, 15) is 4.39 Å². The highest BCUT2D eigenvalue weighted by molar-refractivity contribution is 9.10. The number of rotatable bonds is 6. The van der Waals surface area contributed by atoms with Crippen molar-refractivity contribution in [3.63, 3.8) is 0 Å². The summed E-state index contributed by atoms with van der Waals surface area (Å²) >= 11 is 3.35. The van der Waals surface area contributed by atoms with Crippen molar-refractivity contribution in [2.24, 2.45) is 0 Å². The molecule has 1 aromatic carbocycles. The predicted octanol–water partition coefficient (Wildman–Crippen LogP) is 2.43. The largest absolute Gasteiger partial charge is 0.313 e. The molecule has 88 valence electrons. The first-order valence-electron chi connectivity index (χ1n) is 5.64. The lowest BCUT2D eigenvalue weighted by Gasteiger charge is -2.08. The van der Waals surface area contributed by atoms with Gasteiger partial charge >= 0.3 is 0 Å². The second-order valence-electron chi connectivity index (χ2n) is 4.11. The fourth-order valence-electron chi connectivity index (χ4n) is 1.57. The first-order valence-corrected chi connectivity index (χ1v) is 6.43. The maximum absolute atomic E-state index is 13.4. The molecule has 2 N–H and O–H groups in total. The van der Waals surface area contributed by atoms with Crippen molar-refractivity contribution in [3.8, 4) is 0 Å². The highest BCUT2D eigenvalue weighted by Gasteiger charge is 2.19. The lowest BCUT2D eigenvalue weighted by Crippen LogP contribution is -2.28. The van der Waals surface area contributed by atoms with E-state index in [1.807, 2.05) is 6.07 Å². The van der Waals surface area contributed by atoms with Gasteiger partial charge in [0.2, 0.25) is 0 Å². The molecule has 0 bridgehead atoms. The molecular weight excluding hydrogens is 271 g/mol. The smallest absolute Gasteiger partial charge is 0.128 e. The van der Waals surface area contributed by atoms with Crippen LogP contribution < -0.4 is 10.6 Å². The summed E-state index contributed by atoms with van der Waals surface area (Å²) in [6.07, 6.45) is 2.61. The topological polar surface area (TPSA) is 24.1 Å². The SMILES string of the molecule is Fc1cccc(Br)c1CNCCNC1CC1. The van der Waals surface area contributed by atoms with Gasteiger partial charge in [-0.05, 0) is 25.0 Å².